The maximum atomic E-state index is 12.4. The zero-order valence-corrected chi connectivity index (χ0v) is 12.4. The van der Waals surface area contributed by atoms with Crippen molar-refractivity contribution in [1.82, 2.24) is 25.0 Å². The molecule has 0 atom stereocenters. The first-order valence-corrected chi connectivity index (χ1v) is 6.74. The van der Waals surface area contributed by atoms with Gasteiger partial charge < -0.3 is 4.90 Å². The quantitative estimate of drug-likeness (QED) is 0.869. The van der Waals surface area contributed by atoms with Crippen LogP contribution in [-0.2, 0) is 0 Å². The average Bonchev–Trinajstić information content (AvgIpc) is 2.81. The molecule has 0 aliphatic carbocycles. The van der Waals surface area contributed by atoms with Crippen LogP contribution in [0.4, 0.5) is 0 Å². The molecule has 19 heavy (non-hydrogen) atoms. The summed E-state index contributed by atoms with van der Waals surface area (Å²) in [5, 5.41) is 6.87. The van der Waals surface area contributed by atoms with E-state index >= 15 is 0 Å². The molecule has 1 fully saturated rings. The van der Waals surface area contributed by atoms with E-state index in [-0.39, 0.29) is 23.2 Å². The lowest BCUT2D eigenvalue weighted by Crippen LogP contribution is -2.59. The fourth-order valence-corrected chi connectivity index (χ4v) is 2.18. The third kappa shape index (κ3) is 2.78. The standard InChI is InChI=1S/C13H23N5O/c1-9(2)10-14-11(16-15-10)12(19)18-7-6-17(5)13(3,4)8-18/h9H,6-8H2,1-5H3,(H,14,15,16). The van der Waals surface area contributed by atoms with Crippen LogP contribution in [0.15, 0.2) is 0 Å². The second kappa shape index (κ2) is 4.92. The highest BCUT2D eigenvalue weighted by molar-refractivity contribution is 5.90. The molecular weight excluding hydrogens is 242 g/mol. The molecule has 0 radical (unpaired) electrons. The highest BCUT2D eigenvalue weighted by Crippen LogP contribution is 2.20. The zero-order valence-electron chi connectivity index (χ0n) is 12.4. The molecule has 1 saturated heterocycles. The summed E-state index contributed by atoms with van der Waals surface area (Å²) in [6.07, 6.45) is 0. The number of hydrogen-bond donors (Lipinski definition) is 1. The first kappa shape index (κ1) is 14.0. The van der Waals surface area contributed by atoms with E-state index in [0.717, 1.165) is 18.9 Å². The molecule has 1 amide bonds. The minimum atomic E-state index is -0.0793. The molecule has 0 bridgehead atoms. The van der Waals surface area contributed by atoms with E-state index in [4.69, 9.17) is 0 Å². The molecule has 0 aromatic carbocycles. The number of aromatic nitrogens is 3. The highest BCUT2D eigenvalue weighted by Gasteiger charge is 2.34. The predicted molar refractivity (Wildman–Crippen MR) is 73.1 cm³/mol. The first-order valence-electron chi connectivity index (χ1n) is 6.74. The van der Waals surface area contributed by atoms with Gasteiger partial charge in [0.25, 0.3) is 5.91 Å². The van der Waals surface area contributed by atoms with Crippen LogP contribution in [0.3, 0.4) is 0 Å². The van der Waals surface area contributed by atoms with Crippen LogP contribution in [0.25, 0.3) is 0 Å². The van der Waals surface area contributed by atoms with E-state index in [9.17, 15) is 4.79 Å². The monoisotopic (exact) mass is 265 g/mol. The van der Waals surface area contributed by atoms with Gasteiger partial charge in [-0.25, -0.2) is 4.98 Å². The van der Waals surface area contributed by atoms with Gasteiger partial charge >= 0.3 is 0 Å². The largest absolute Gasteiger partial charge is 0.333 e. The van der Waals surface area contributed by atoms with Crippen LogP contribution in [0.2, 0.25) is 0 Å². The number of hydrogen-bond acceptors (Lipinski definition) is 4. The van der Waals surface area contributed by atoms with Crippen molar-refractivity contribution in [2.24, 2.45) is 0 Å². The summed E-state index contributed by atoms with van der Waals surface area (Å²) in [6, 6.07) is 0. The lowest BCUT2D eigenvalue weighted by Gasteiger charge is -2.44. The van der Waals surface area contributed by atoms with Crippen molar-refractivity contribution in [3.05, 3.63) is 11.6 Å². The first-order chi connectivity index (χ1) is 8.81. The van der Waals surface area contributed by atoms with Crippen LogP contribution in [0.1, 0.15) is 50.1 Å². The molecule has 0 unspecified atom stereocenters. The number of carbonyl (C=O) groups excluding carboxylic acids is 1. The highest BCUT2D eigenvalue weighted by atomic mass is 16.2. The Morgan fingerprint density at radius 3 is 2.58 bits per heavy atom. The summed E-state index contributed by atoms with van der Waals surface area (Å²) in [7, 11) is 2.09. The van der Waals surface area contributed by atoms with Gasteiger partial charge in [-0.1, -0.05) is 13.8 Å². The van der Waals surface area contributed by atoms with Crippen LogP contribution < -0.4 is 0 Å². The average molecular weight is 265 g/mol. The Balaban J connectivity index is 2.11. The number of likely N-dealkylation sites (N-methyl/N-ethyl adjacent to an activating group) is 1. The van der Waals surface area contributed by atoms with Crippen LogP contribution in [0.5, 0.6) is 0 Å². The van der Waals surface area contributed by atoms with Crippen molar-refractivity contribution < 1.29 is 4.79 Å². The molecule has 6 nitrogen and oxygen atoms in total. The van der Waals surface area contributed by atoms with Crippen molar-refractivity contribution in [3.8, 4) is 0 Å². The number of nitrogens with zero attached hydrogens (tertiary/aromatic N) is 4. The van der Waals surface area contributed by atoms with Crippen LogP contribution in [0, 0.1) is 0 Å². The molecule has 0 saturated carbocycles. The summed E-state index contributed by atoms with van der Waals surface area (Å²) in [5.74, 6) is 1.21. The Bertz CT molecular complexity index is 465. The number of H-pyrrole nitrogens is 1. The maximum absolute atomic E-state index is 12.4. The third-order valence-corrected chi connectivity index (χ3v) is 3.84. The Kier molecular flexibility index (Phi) is 3.62. The third-order valence-electron chi connectivity index (χ3n) is 3.84. The molecule has 106 valence electrons. The summed E-state index contributed by atoms with van der Waals surface area (Å²) < 4.78 is 0. The van der Waals surface area contributed by atoms with E-state index in [1.165, 1.54) is 0 Å². The lowest BCUT2D eigenvalue weighted by atomic mass is 10.00. The Hall–Kier alpha value is -1.43. The number of piperazine rings is 1. The Morgan fingerprint density at radius 2 is 2.05 bits per heavy atom. The topological polar surface area (TPSA) is 65.1 Å². The SMILES string of the molecule is CC(C)c1nc(C(=O)N2CCN(C)C(C)(C)C2)n[nH]1. The van der Waals surface area contributed by atoms with Gasteiger partial charge in [0, 0.05) is 31.1 Å². The van der Waals surface area contributed by atoms with Crippen LogP contribution >= 0.6 is 0 Å². The molecule has 1 aromatic heterocycles. The number of amides is 1. The van der Waals surface area contributed by atoms with Crippen molar-refractivity contribution in [2.45, 2.75) is 39.2 Å². The van der Waals surface area contributed by atoms with Gasteiger partial charge in [-0.3, -0.25) is 14.8 Å². The summed E-state index contributed by atoms with van der Waals surface area (Å²) in [4.78, 5) is 20.8. The number of nitrogens with one attached hydrogen (secondary N) is 1. The smallest absolute Gasteiger partial charge is 0.293 e. The summed E-state index contributed by atoms with van der Waals surface area (Å²) in [5.41, 5.74) is -0.00883. The van der Waals surface area contributed by atoms with Gasteiger partial charge in [0.2, 0.25) is 5.82 Å². The number of aromatic amines is 1. The second-order valence-corrected chi connectivity index (χ2v) is 6.16. The van der Waals surface area contributed by atoms with Gasteiger partial charge in [0.15, 0.2) is 0 Å². The molecule has 1 aliphatic rings. The number of rotatable bonds is 2. The minimum absolute atomic E-state index is 0.00883. The predicted octanol–water partition coefficient (Wildman–Crippen LogP) is 1.09. The second-order valence-electron chi connectivity index (χ2n) is 6.16. The van der Waals surface area contributed by atoms with Gasteiger partial charge in [0.1, 0.15) is 5.82 Å². The Morgan fingerprint density at radius 1 is 1.37 bits per heavy atom. The molecular formula is C13H23N5O. The van der Waals surface area contributed by atoms with Crippen molar-refractivity contribution >= 4 is 5.91 Å². The molecule has 0 spiro atoms. The molecule has 1 aromatic rings. The van der Waals surface area contributed by atoms with Gasteiger partial charge in [-0.2, -0.15) is 0 Å². The van der Waals surface area contributed by atoms with Gasteiger partial charge in [-0.15, -0.1) is 5.10 Å². The molecule has 2 heterocycles. The van der Waals surface area contributed by atoms with E-state index in [1.807, 2.05) is 18.7 Å². The van der Waals surface area contributed by atoms with Crippen molar-refractivity contribution in [3.63, 3.8) is 0 Å². The Labute approximate surface area is 114 Å². The van der Waals surface area contributed by atoms with Crippen molar-refractivity contribution in [2.75, 3.05) is 26.7 Å². The van der Waals surface area contributed by atoms with E-state index in [2.05, 4.69) is 41.0 Å². The molecule has 6 heteroatoms. The fourth-order valence-electron chi connectivity index (χ4n) is 2.18. The fraction of sp³-hybridized carbons (Fsp3) is 0.769. The minimum Gasteiger partial charge on any atom is -0.333 e. The van der Waals surface area contributed by atoms with E-state index in [0.29, 0.717) is 6.54 Å². The van der Waals surface area contributed by atoms with Crippen molar-refractivity contribution in [1.29, 1.82) is 0 Å². The molecule has 1 N–H and O–H groups in total. The maximum Gasteiger partial charge on any atom is 0.293 e. The zero-order chi connectivity index (χ0) is 14.2. The van der Waals surface area contributed by atoms with Crippen LogP contribution in [-0.4, -0.2) is 63.1 Å². The summed E-state index contributed by atoms with van der Waals surface area (Å²) >= 11 is 0. The van der Waals surface area contributed by atoms with Gasteiger partial charge in [-0.05, 0) is 20.9 Å². The summed E-state index contributed by atoms with van der Waals surface area (Å²) in [6.45, 7) is 10.6. The van der Waals surface area contributed by atoms with Gasteiger partial charge in [0.05, 0.1) is 0 Å². The molecule has 2 rings (SSSR count). The lowest BCUT2D eigenvalue weighted by molar-refractivity contribution is 0.0303. The number of carbonyl (C=O) groups is 1. The van der Waals surface area contributed by atoms with E-state index < -0.39 is 0 Å². The van der Waals surface area contributed by atoms with E-state index in [1.54, 1.807) is 0 Å². The normalized spacial score (nSPS) is 20.0. The molecule has 1 aliphatic heterocycles.